The molecule has 2 aliphatic carbocycles. The predicted molar refractivity (Wildman–Crippen MR) is 186 cm³/mol. The number of amides is 1. The SMILES string of the molecule is CO[C@H]1/C=C\C[C@H](OC)[C@H](C[C@@H]2CCCO2)S(=O)(=O)NC(=O)c2ccc3c(c2)N(C[C@@H]2CC[C@H]21)C[C@@]1(CCCc2cc(Cl)ccc21)CO3. The molecule has 11 heteroatoms. The summed E-state index contributed by atoms with van der Waals surface area (Å²) < 4.78 is 54.8. The second-order valence-electron chi connectivity index (χ2n) is 14.3. The van der Waals surface area contributed by atoms with E-state index in [9.17, 15) is 13.2 Å². The first-order chi connectivity index (χ1) is 23.2. The molecule has 9 nitrogen and oxygen atoms in total. The van der Waals surface area contributed by atoms with E-state index in [2.05, 4.69) is 27.8 Å². The van der Waals surface area contributed by atoms with E-state index < -0.39 is 27.3 Å². The lowest BCUT2D eigenvalue weighted by Crippen LogP contribution is -2.49. The minimum Gasteiger partial charge on any atom is -0.490 e. The van der Waals surface area contributed by atoms with Gasteiger partial charge in [-0.1, -0.05) is 29.8 Å². The van der Waals surface area contributed by atoms with Gasteiger partial charge >= 0.3 is 0 Å². The van der Waals surface area contributed by atoms with Crippen LogP contribution < -0.4 is 14.4 Å². The molecule has 7 rings (SSSR count). The third kappa shape index (κ3) is 6.63. The van der Waals surface area contributed by atoms with Crippen LogP contribution in [0, 0.1) is 11.8 Å². The molecule has 1 N–H and O–H groups in total. The number of aryl methyl sites for hydroxylation is 1. The molecule has 3 aliphatic heterocycles. The number of nitrogens with zero attached hydrogens (tertiary/aromatic N) is 1. The summed E-state index contributed by atoms with van der Waals surface area (Å²) in [5, 5.41) is -0.241. The maximum absolute atomic E-state index is 14.0. The van der Waals surface area contributed by atoms with Crippen molar-refractivity contribution >= 4 is 33.2 Å². The van der Waals surface area contributed by atoms with E-state index in [1.54, 1.807) is 19.2 Å². The molecule has 2 aromatic carbocycles. The number of fused-ring (bicyclic) bond motifs is 4. The minimum atomic E-state index is -4.15. The molecule has 1 spiro atoms. The second-order valence-corrected chi connectivity index (χ2v) is 16.6. The van der Waals surface area contributed by atoms with Gasteiger partial charge in [-0.3, -0.25) is 4.79 Å². The second kappa shape index (κ2) is 13.9. The van der Waals surface area contributed by atoms with Gasteiger partial charge in [-0.25, -0.2) is 13.1 Å². The summed E-state index contributed by atoms with van der Waals surface area (Å²) in [6.07, 6.45) is 10.5. The summed E-state index contributed by atoms with van der Waals surface area (Å²) in [4.78, 5) is 16.2. The van der Waals surface area contributed by atoms with Crippen molar-refractivity contribution in [3.05, 3.63) is 70.3 Å². The molecule has 0 aromatic heterocycles. The van der Waals surface area contributed by atoms with Gasteiger partial charge in [0, 0.05) is 49.9 Å². The Morgan fingerprint density at radius 1 is 1.08 bits per heavy atom. The minimum absolute atomic E-state index is 0.109. The molecule has 2 fully saturated rings. The highest BCUT2D eigenvalue weighted by atomic mass is 35.5. The molecule has 0 unspecified atom stereocenters. The van der Waals surface area contributed by atoms with Gasteiger partial charge in [-0.05, 0) is 111 Å². The Labute approximate surface area is 289 Å². The summed E-state index contributed by atoms with van der Waals surface area (Å²) >= 11 is 6.44. The van der Waals surface area contributed by atoms with Crippen molar-refractivity contribution in [2.24, 2.45) is 11.8 Å². The Morgan fingerprint density at radius 3 is 2.71 bits per heavy atom. The zero-order valence-electron chi connectivity index (χ0n) is 27.9. The predicted octanol–water partition coefficient (Wildman–Crippen LogP) is 5.83. The Hall–Kier alpha value is -2.63. The number of anilines is 1. The van der Waals surface area contributed by atoms with Crippen LogP contribution in [0.15, 0.2) is 48.6 Å². The summed E-state index contributed by atoms with van der Waals surface area (Å²) in [7, 11) is -0.877. The standard InChI is InChI=1S/C37H47ClN2O7S/c1-44-32-8-3-9-34(45-2)35(20-28-7-5-17-46-28)48(42,43)39-36(41)25-11-15-33-31(19-25)40(21-26-10-13-29(26)32)22-37(23-47-33)16-4-6-24-18-27(38)12-14-30(24)37/h3,8,11-12,14-15,18-19,26,28-29,32,34-35H,4-7,9-10,13,16-17,20-23H2,1-2H3,(H,39,41)/b8-3-/t26-,28-,29+,32-,34-,35-,37-/m0/s1. The van der Waals surface area contributed by atoms with Crippen molar-refractivity contribution in [2.75, 3.05) is 45.4 Å². The van der Waals surface area contributed by atoms with Crippen molar-refractivity contribution in [3.63, 3.8) is 0 Å². The van der Waals surface area contributed by atoms with Crippen LogP contribution in [0.2, 0.25) is 5.02 Å². The van der Waals surface area contributed by atoms with Gasteiger partial charge in [0.1, 0.15) is 11.0 Å². The summed E-state index contributed by atoms with van der Waals surface area (Å²) in [6.45, 7) is 2.60. The monoisotopic (exact) mass is 698 g/mol. The molecule has 3 heterocycles. The van der Waals surface area contributed by atoms with Gasteiger partial charge in [-0.2, -0.15) is 0 Å². The zero-order chi connectivity index (χ0) is 33.5. The van der Waals surface area contributed by atoms with Gasteiger partial charge < -0.3 is 23.8 Å². The number of hydrogen-bond acceptors (Lipinski definition) is 8. The van der Waals surface area contributed by atoms with Gasteiger partial charge in [0.05, 0.1) is 30.6 Å². The number of methoxy groups -OCH3 is 2. The summed E-state index contributed by atoms with van der Waals surface area (Å²) in [6, 6.07) is 11.5. The molecule has 2 bridgehead atoms. The molecule has 1 saturated heterocycles. The number of benzene rings is 2. The zero-order valence-corrected chi connectivity index (χ0v) is 29.4. The molecule has 48 heavy (non-hydrogen) atoms. The van der Waals surface area contributed by atoms with Gasteiger partial charge in [0.15, 0.2) is 0 Å². The third-order valence-corrected chi connectivity index (χ3v) is 13.5. The van der Waals surface area contributed by atoms with Crippen molar-refractivity contribution in [1.29, 1.82) is 0 Å². The average molecular weight is 699 g/mol. The summed E-state index contributed by atoms with van der Waals surface area (Å²) in [5.74, 6) is 0.708. The van der Waals surface area contributed by atoms with E-state index in [1.165, 1.54) is 18.2 Å². The van der Waals surface area contributed by atoms with Gasteiger partial charge in [0.25, 0.3) is 5.91 Å². The number of carbonyl (C=O) groups excluding carboxylic acids is 1. The average Bonchev–Trinajstić information content (AvgIpc) is 3.53. The number of ether oxygens (including phenoxy) is 4. The molecular weight excluding hydrogens is 652 g/mol. The first-order valence-electron chi connectivity index (χ1n) is 17.4. The van der Waals surface area contributed by atoms with E-state index in [0.717, 1.165) is 62.2 Å². The van der Waals surface area contributed by atoms with Crippen molar-refractivity contribution in [2.45, 2.75) is 86.8 Å². The van der Waals surface area contributed by atoms with Gasteiger partial charge in [-0.15, -0.1) is 0 Å². The van der Waals surface area contributed by atoms with E-state index >= 15 is 0 Å². The van der Waals surface area contributed by atoms with Crippen LogP contribution in [0.3, 0.4) is 0 Å². The van der Waals surface area contributed by atoms with Gasteiger partial charge in [0.2, 0.25) is 10.0 Å². The largest absolute Gasteiger partial charge is 0.490 e. The number of nitrogens with one attached hydrogen (secondary N) is 1. The molecule has 1 amide bonds. The van der Waals surface area contributed by atoms with E-state index in [0.29, 0.717) is 43.8 Å². The molecule has 7 atom stereocenters. The lowest BCUT2D eigenvalue weighted by molar-refractivity contribution is 0.0128. The maximum Gasteiger partial charge on any atom is 0.264 e. The Bertz CT molecular complexity index is 1640. The van der Waals surface area contributed by atoms with Crippen LogP contribution in [0.5, 0.6) is 5.75 Å². The molecular formula is C37H47ClN2O7S. The maximum atomic E-state index is 14.0. The molecule has 260 valence electrons. The molecule has 5 aliphatic rings. The fourth-order valence-corrected chi connectivity index (χ4v) is 10.6. The van der Waals surface area contributed by atoms with E-state index in [1.807, 2.05) is 18.2 Å². The topological polar surface area (TPSA) is 103 Å². The van der Waals surface area contributed by atoms with Crippen LogP contribution in [0.1, 0.15) is 72.9 Å². The van der Waals surface area contributed by atoms with E-state index in [4.69, 9.17) is 30.5 Å². The van der Waals surface area contributed by atoms with Crippen molar-refractivity contribution in [1.82, 2.24) is 4.72 Å². The highest BCUT2D eigenvalue weighted by molar-refractivity contribution is 7.90. The molecule has 0 radical (unpaired) electrons. The number of carbonyl (C=O) groups is 1. The number of sulfonamides is 1. The highest BCUT2D eigenvalue weighted by Gasteiger charge is 2.45. The summed E-state index contributed by atoms with van der Waals surface area (Å²) in [5.41, 5.74) is 3.37. The normalized spacial score (nSPS) is 33.8. The number of halogens is 1. The molecule has 2 aromatic rings. The Balaban J connectivity index is 1.28. The first-order valence-corrected chi connectivity index (χ1v) is 19.3. The third-order valence-electron chi connectivity index (χ3n) is 11.5. The van der Waals surface area contributed by atoms with Crippen molar-refractivity contribution in [3.8, 4) is 5.75 Å². The smallest absolute Gasteiger partial charge is 0.264 e. The fraction of sp³-hybridized carbons (Fsp3) is 0.595. The van der Waals surface area contributed by atoms with Crippen LogP contribution >= 0.6 is 11.6 Å². The number of rotatable bonds is 4. The van der Waals surface area contributed by atoms with Crippen LogP contribution in [-0.4, -0.2) is 78.4 Å². The number of hydrogen-bond donors (Lipinski definition) is 1. The fourth-order valence-electron chi connectivity index (χ4n) is 8.77. The van der Waals surface area contributed by atoms with Crippen LogP contribution in [0.25, 0.3) is 0 Å². The Kier molecular flexibility index (Phi) is 9.83. The van der Waals surface area contributed by atoms with Crippen molar-refractivity contribution < 1.29 is 32.2 Å². The lowest BCUT2D eigenvalue weighted by atomic mass is 9.68. The van der Waals surface area contributed by atoms with Crippen LogP contribution in [0.4, 0.5) is 5.69 Å². The molecule has 1 saturated carbocycles. The lowest BCUT2D eigenvalue weighted by Gasteiger charge is -2.46. The van der Waals surface area contributed by atoms with Crippen LogP contribution in [-0.2, 0) is 36.1 Å². The Morgan fingerprint density at radius 2 is 1.96 bits per heavy atom. The van der Waals surface area contributed by atoms with E-state index in [-0.39, 0.29) is 29.6 Å². The quantitative estimate of drug-likeness (QED) is 0.399. The highest BCUT2D eigenvalue weighted by Crippen LogP contribution is 2.47. The first kappa shape index (κ1) is 33.8.